The molecule has 2 saturated heterocycles. The Bertz CT molecular complexity index is 1660. The van der Waals surface area contributed by atoms with Gasteiger partial charge in [-0.2, -0.15) is 0 Å². The average molecular weight is 603 g/mol. The summed E-state index contributed by atoms with van der Waals surface area (Å²) in [7, 11) is 3.28. The molecule has 2 aliphatic rings. The van der Waals surface area contributed by atoms with Crippen LogP contribution in [0, 0.1) is 6.92 Å². The highest BCUT2D eigenvalue weighted by Gasteiger charge is 2.26. The number of halogens is 1. The van der Waals surface area contributed by atoms with E-state index in [1.165, 1.54) is 7.11 Å². The van der Waals surface area contributed by atoms with E-state index in [1.807, 2.05) is 60.2 Å². The van der Waals surface area contributed by atoms with Crippen molar-refractivity contribution in [2.45, 2.75) is 32.5 Å². The number of carbonyl (C=O) groups is 2. The Balaban J connectivity index is 1.14. The molecule has 0 aliphatic carbocycles. The fraction of sp³-hybridized carbons (Fsp3) is 0.375. The van der Waals surface area contributed by atoms with Gasteiger partial charge in [-0.05, 0) is 61.4 Å². The van der Waals surface area contributed by atoms with Crippen LogP contribution in [0.3, 0.4) is 0 Å². The average Bonchev–Trinajstić information content (AvgIpc) is 3.34. The number of fused-ring (bicyclic) bond motifs is 1. The van der Waals surface area contributed by atoms with Gasteiger partial charge >= 0.3 is 5.97 Å². The largest absolute Gasteiger partial charge is 0.465 e. The van der Waals surface area contributed by atoms with E-state index in [0.29, 0.717) is 48.1 Å². The molecule has 6 rings (SSSR count). The fourth-order valence-corrected chi connectivity index (χ4v) is 5.97. The van der Waals surface area contributed by atoms with Gasteiger partial charge in [-0.1, -0.05) is 17.7 Å². The van der Waals surface area contributed by atoms with E-state index in [1.54, 1.807) is 18.3 Å². The summed E-state index contributed by atoms with van der Waals surface area (Å²) in [5, 5.41) is 0.634. The first kappa shape index (κ1) is 29.1. The number of amides is 1. The minimum absolute atomic E-state index is 0.0172. The highest BCUT2D eigenvalue weighted by molar-refractivity contribution is 6.33. The number of pyridine rings is 1. The lowest BCUT2D eigenvalue weighted by Gasteiger charge is -2.35. The number of hydrogen-bond donors (Lipinski definition) is 0. The van der Waals surface area contributed by atoms with Crippen LogP contribution in [-0.2, 0) is 22.6 Å². The minimum Gasteiger partial charge on any atom is -0.465 e. The van der Waals surface area contributed by atoms with Crippen LogP contribution >= 0.6 is 11.6 Å². The number of hydrogen-bond acceptors (Lipinski definition) is 8. The Morgan fingerprint density at radius 1 is 1.07 bits per heavy atom. The maximum absolute atomic E-state index is 13.5. The van der Waals surface area contributed by atoms with Gasteiger partial charge in [0.25, 0.3) is 5.91 Å². The molecule has 4 heterocycles. The quantitative estimate of drug-likeness (QED) is 0.268. The van der Waals surface area contributed by atoms with E-state index in [2.05, 4.69) is 14.5 Å². The van der Waals surface area contributed by atoms with Crippen molar-refractivity contribution in [2.75, 3.05) is 51.8 Å². The Hall–Kier alpha value is -3.99. The molecule has 1 amide bonds. The summed E-state index contributed by atoms with van der Waals surface area (Å²) in [4.78, 5) is 41.2. The second-order valence-corrected chi connectivity index (χ2v) is 11.5. The standard InChI is InChI=1S/C32H35ClN6O4/c1-21-4-7-27(25(33)16-21)36(2)29-18-22(8-10-34-29)31(40)38-13-11-37(12-14-38)20-30-35-26-6-5-23(32(41)42-3)17-28(26)39(30)19-24-9-15-43-24/h4-8,10,16-18,24H,9,11-15,19-20H2,1-3H3/t24-/m0/s1. The third-order valence-electron chi connectivity index (χ3n) is 8.25. The smallest absolute Gasteiger partial charge is 0.337 e. The zero-order chi connectivity index (χ0) is 30.1. The van der Waals surface area contributed by atoms with Crippen molar-refractivity contribution in [1.82, 2.24) is 24.3 Å². The van der Waals surface area contributed by atoms with Crippen LogP contribution in [0.15, 0.2) is 54.7 Å². The highest BCUT2D eigenvalue weighted by atomic mass is 35.5. The summed E-state index contributed by atoms with van der Waals surface area (Å²) in [6.45, 7) is 6.74. The van der Waals surface area contributed by atoms with Crippen molar-refractivity contribution in [1.29, 1.82) is 0 Å². The molecule has 1 atom stereocenters. The molecule has 43 heavy (non-hydrogen) atoms. The van der Waals surface area contributed by atoms with E-state index in [-0.39, 0.29) is 18.0 Å². The summed E-state index contributed by atoms with van der Waals surface area (Å²) in [5.41, 5.74) is 4.73. The molecule has 2 aromatic heterocycles. The molecule has 2 fully saturated rings. The van der Waals surface area contributed by atoms with Crippen LogP contribution in [-0.4, -0.2) is 89.3 Å². The molecular weight excluding hydrogens is 568 g/mol. The highest BCUT2D eigenvalue weighted by Crippen LogP contribution is 2.31. The number of aromatic nitrogens is 3. The molecule has 0 radical (unpaired) electrons. The molecular formula is C32H35ClN6O4. The van der Waals surface area contributed by atoms with Gasteiger partial charge in [0.15, 0.2) is 0 Å². The Morgan fingerprint density at radius 2 is 1.86 bits per heavy atom. The molecule has 10 nitrogen and oxygen atoms in total. The van der Waals surface area contributed by atoms with E-state index < -0.39 is 0 Å². The predicted molar refractivity (Wildman–Crippen MR) is 165 cm³/mol. The zero-order valence-electron chi connectivity index (χ0n) is 24.6. The summed E-state index contributed by atoms with van der Waals surface area (Å²) in [6.07, 6.45) is 2.80. The van der Waals surface area contributed by atoms with Crippen LogP contribution in [0.1, 0.15) is 38.5 Å². The van der Waals surface area contributed by atoms with Crippen LogP contribution in [0.2, 0.25) is 5.02 Å². The number of rotatable bonds is 8. The van der Waals surface area contributed by atoms with Crippen LogP contribution in [0.4, 0.5) is 11.5 Å². The van der Waals surface area contributed by atoms with Crippen LogP contribution < -0.4 is 4.90 Å². The van der Waals surface area contributed by atoms with Crippen LogP contribution in [0.25, 0.3) is 11.0 Å². The number of imidazole rings is 1. The number of methoxy groups -OCH3 is 1. The van der Waals surface area contributed by atoms with Crippen molar-refractivity contribution in [3.05, 3.63) is 82.3 Å². The lowest BCUT2D eigenvalue weighted by Crippen LogP contribution is -2.48. The number of aryl methyl sites for hydroxylation is 1. The molecule has 4 aromatic rings. The number of anilines is 2. The monoisotopic (exact) mass is 602 g/mol. The first-order valence-corrected chi connectivity index (χ1v) is 14.8. The van der Waals surface area contributed by atoms with Gasteiger partial charge in [-0.25, -0.2) is 14.8 Å². The maximum Gasteiger partial charge on any atom is 0.337 e. The predicted octanol–water partition coefficient (Wildman–Crippen LogP) is 4.69. The van der Waals surface area contributed by atoms with Gasteiger partial charge < -0.3 is 23.8 Å². The van der Waals surface area contributed by atoms with E-state index in [4.69, 9.17) is 26.1 Å². The molecule has 0 bridgehead atoms. The van der Waals surface area contributed by atoms with Crippen molar-refractivity contribution in [2.24, 2.45) is 0 Å². The first-order chi connectivity index (χ1) is 20.8. The molecule has 0 N–H and O–H groups in total. The van der Waals surface area contributed by atoms with Gasteiger partial charge in [-0.3, -0.25) is 9.69 Å². The van der Waals surface area contributed by atoms with Crippen LogP contribution in [0.5, 0.6) is 0 Å². The summed E-state index contributed by atoms with van der Waals surface area (Å²) < 4.78 is 12.8. The number of benzene rings is 2. The molecule has 224 valence electrons. The SMILES string of the molecule is COC(=O)c1ccc2nc(CN3CCN(C(=O)c4ccnc(N(C)c5ccc(C)cc5Cl)c4)CC3)n(C[C@@H]3CCO3)c2c1. The number of esters is 1. The normalized spacial score (nSPS) is 17.1. The lowest BCUT2D eigenvalue weighted by atomic mass is 10.1. The van der Waals surface area contributed by atoms with Gasteiger partial charge in [0.2, 0.25) is 0 Å². The second kappa shape index (κ2) is 12.3. The van der Waals surface area contributed by atoms with Gasteiger partial charge in [-0.15, -0.1) is 0 Å². The number of carbonyl (C=O) groups excluding carboxylic acids is 2. The molecule has 0 unspecified atom stereocenters. The van der Waals surface area contributed by atoms with E-state index >= 15 is 0 Å². The molecule has 2 aromatic carbocycles. The topological polar surface area (TPSA) is 93.0 Å². The van der Waals surface area contributed by atoms with Crippen molar-refractivity contribution in [3.8, 4) is 0 Å². The van der Waals surface area contributed by atoms with E-state index in [9.17, 15) is 9.59 Å². The van der Waals surface area contributed by atoms with Gasteiger partial charge in [0.05, 0.1) is 53.6 Å². The third kappa shape index (κ3) is 6.08. The minimum atomic E-state index is -0.371. The summed E-state index contributed by atoms with van der Waals surface area (Å²) in [5.74, 6) is 1.18. The number of nitrogens with zero attached hydrogens (tertiary/aromatic N) is 6. The number of piperazine rings is 1. The Labute approximate surface area is 255 Å². The maximum atomic E-state index is 13.5. The van der Waals surface area contributed by atoms with Crippen molar-refractivity contribution in [3.63, 3.8) is 0 Å². The molecule has 0 spiro atoms. The van der Waals surface area contributed by atoms with Gasteiger partial charge in [0, 0.05) is 51.6 Å². The fourth-order valence-electron chi connectivity index (χ4n) is 5.61. The summed E-state index contributed by atoms with van der Waals surface area (Å²) >= 11 is 6.48. The lowest BCUT2D eigenvalue weighted by molar-refractivity contribution is -0.0592. The molecule has 11 heteroatoms. The van der Waals surface area contributed by atoms with E-state index in [0.717, 1.165) is 54.2 Å². The molecule has 2 aliphatic heterocycles. The van der Waals surface area contributed by atoms with Crippen molar-refractivity contribution < 1.29 is 19.1 Å². The second-order valence-electron chi connectivity index (χ2n) is 11.1. The zero-order valence-corrected chi connectivity index (χ0v) is 25.4. The first-order valence-electron chi connectivity index (χ1n) is 14.5. The summed E-state index contributed by atoms with van der Waals surface area (Å²) in [6, 6.07) is 14.9. The van der Waals surface area contributed by atoms with Gasteiger partial charge in [0.1, 0.15) is 11.6 Å². The van der Waals surface area contributed by atoms with Crippen molar-refractivity contribution >= 4 is 46.0 Å². The third-order valence-corrected chi connectivity index (χ3v) is 8.56. The number of ether oxygens (including phenoxy) is 2. The Kier molecular flexibility index (Phi) is 8.34. The Morgan fingerprint density at radius 3 is 2.56 bits per heavy atom. The molecule has 0 saturated carbocycles.